The Morgan fingerprint density at radius 1 is 1.38 bits per heavy atom. The number of guanidine groups is 1. The topological polar surface area (TPSA) is 72.1 Å². The molecule has 1 atom stereocenters. The average molecular weight is 300 g/mol. The number of ether oxygens (including phenoxy) is 2. The SMILES string of the molecule is COC(CN=C(N)NCCCN1CCOCC1)C(C)(C)C. The van der Waals surface area contributed by atoms with Crippen molar-refractivity contribution >= 4 is 5.96 Å². The first kappa shape index (κ1) is 18.2. The van der Waals surface area contributed by atoms with Crippen molar-refractivity contribution in [3.8, 4) is 0 Å². The van der Waals surface area contributed by atoms with Crippen molar-refractivity contribution in [3.63, 3.8) is 0 Å². The summed E-state index contributed by atoms with van der Waals surface area (Å²) in [4.78, 5) is 6.79. The molecule has 1 rings (SSSR count). The normalized spacial score (nSPS) is 19.5. The average Bonchev–Trinajstić information content (AvgIpc) is 2.44. The molecule has 21 heavy (non-hydrogen) atoms. The van der Waals surface area contributed by atoms with E-state index in [0.717, 1.165) is 45.8 Å². The molecule has 1 aliphatic heterocycles. The highest BCUT2D eigenvalue weighted by Crippen LogP contribution is 2.21. The molecule has 124 valence electrons. The van der Waals surface area contributed by atoms with Gasteiger partial charge in [-0.3, -0.25) is 9.89 Å². The van der Waals surface area contributed by atoms with Crippen LogP contribution in [0.4, 0.5) is 0 Å². The monoisotopic (exact) mass is 300 g/mol. The zero-order valence-corrected chi connectivity index (χ0v) is 14.0. The fourth-order valence-electron chi connectivity index (χ4n) is 2.28. The van der Waals surface area contributed by atoms with Gasteiger partial charge in [-0.1, -0.05) is 20.8 Å². The van der Waals surface area contributed by atoms with Gasteiger partial charge in [-0.25, -0.2) is 0 Å². The van der Waals surface area contributed by atoms with E-state index in [1.54, 1.807) is 7.11 Å². The van der Waals surface area contributed by atoms with Crippen LogP contribution in [0.25, 0.3) is 0 Å². The molecule has 1 unspecified atom stereocenters. The second kappa shape index (κ2) is 9.23. The first-order valence-corrected chi connectivity index (χ1v) is 7.80. The maximum Gasteiger partial charge on any atom is 0.188 e. The Morgan fingerprint density at radius 2 is 2.05 bits per heavy atom. The molecule has 0 bridgehead atoms. The second-order valence-corrected chi connectivity index (χ2v) is 6.55. The molecule has 0 aliphatic carbocycles. The van der Waals surface area contributed by atoms with Crippen LogP contribution in [0.3, 0.4) is 0 Å². The molecule has 0 aromatic heterocycles. The Hall–Kier alpha value is -0.850. The van der Waals surface area contributed by atoms with E-state index in [-0.39, 0.29) is 11.5 Å². The molecule has 1 fully saturated rings. The van der Waals surface area contributed by atoms with E-state index in [2.05, 4.69) is 36.0 Å². The summed E-state index contributed by atoms with van der Waals surface area (Å²) in [5.41, 5.74) is 5.95. The minimum atomic E-state index is 0.0643. The summed E-state index contributed by atoms with van der Waals surface area (Å²) in [7, 11) is 1.72. The van der Waals surface area contributed by atoms with E-state index in [1.165, 1.54) is 0 Å². The van der Waals surface area contributed by atoms with Crippen LogP contribution in [-0.4, -0.2) is 70.0 Å². The summed E-state index contributed by atoms with van der Waals surface area (Å²) in [6, 6.07) is 0. The quantitative estimate of drug-likeness (QED) is 0.411. The number of nitrogens with one attached hydrogen (secondary N) is 1. The first-order valence-electron chi connectivity index (χ1n) is 7.80. The molecule has 0 saturated carbocycles. The fraction of sp³-hybridized carbons (Fsp3) is 0.933. The lowest BCUT2D eigenvalue weighted by Crippen LogP contribution is -2.39. The highest BCUT2D eigenvalue weighted by molar-refractivity contribution is 5.77. The Labute approximate surface area is 129 Å². The molecule has 1 aliphatic rings. The van der Waals surface area contributed by atoms with Gasteiger partial charge in [-0.05, 0) is 18.4 Å². The number of methoxy groups -OCH3 is 1. The molecular weight excluding hydrogens is 268 g/mol. The Kier molecular flexibility index (Phi) is 8.00. The summed E-state index contributed by atoms with van der Waals surface area (Å²) < 4.78 is 10.8. The minimum Gasteiger partial charge on any atom is -0.379 e. The van der Waals surface area contributed by atoms with Gasteiger partial charge in [0, 0.05) is 26.7 Å². The van der Waals surface area contributed by atoms with E-state index in [1.807, 2.05) is 0 Å². The Bertz CT molecular complexity index is 309. The van der Waals surface area contributed by atoms with Crippen LogP contribution in [0.1, 0.15) is 27.2 Å². The third-order valence-corrected chi connectivity index (χ3v) is 3.74. The van der Waals surface area contributed by atoms with Crippen molar-refractivity contribution in [2.45, 2.75) is 33.3 Å². The van der Waals surface area contributed by atoms with Crippen LogP contribution in [0, 0.1) is 5.41 Å². The van der Waals surface area contributed by atoms with Gasteiger partial charge in [-0.2, -0.15) is 0 Å². The first-order chi connectivity index (χ1) is 9.93. The number of nitrogens with two attached hydrogens (primary N) is 1. The van der Waals surface area contributed by atoms with Gasteiger partial charge in [0.2, 0.25) is 0 Å². The van der Waals surface area contributed by atoms with Gasteiger partial charge >= 0.3 is 0 Å². The molecule has 0 aromatic carbocycles. The van der Waals surface area contributed by atoms with Crippen molar-refractivity contribution in [1.82, 2.24) is 10.2 Å². The number of hydrogen-bond donors (Lipinski definition) is 2. The van der Waals surface area contributed by atoms with E-state index in [9.17, 15) is 0 Å². The van der Waals surface area contributed by atoms with Crippen LogP contribution in [0.2, 0.25) is 0 Å². The summed E-state index contributed by atoms with van der Waals surface area (Å²) in [5.74, 6) is 0.503. The smallest absolute Gasteiger partial charge is 0.188 e. The molecule has 0 radical (unpaired) electrons. The summed E-state index contributed by atoms with van der Waals surface area (Å²) in [6.07, 6.45) is 1.13. The molecule has 1 saturated heterocycles. The maximum atomic E-state index is 5.89. The van der Waals surface area contributed by atoms with Crippen molar-refractivity contribution in [3.05, 3.63) is 0 Å². The third-order valence-electron chi connectivity index (χ3n) is 3.74. The zero-order valence-electron chi connectivity index (χ0n) is 14.0. The maximum absolute atomic E-state index is 5.89. The lowest BCUT2D eigenvalue weighted by Gasteiger charge is -2.28. The predicted octanol–water partition coefficient (Wildman–Crippen LogP) is 0.674. The molecule has 6 heteroatoms. The van der Waals surface area contributed by atoms with Crippen LogP contribution < -0.4 is 11.1 Å². The highest BCUT2D eigenvalue weighted by atomic mass is 16.5. The van der Waals surface area contributed by atoms with Gasteiger partial charge in [0.25, 0.3) is 0 Å². The summed E-state index contributed by atoms with van der Waals surface area (Å²) >= 11 is 0. The standard InChI is InChI=1S/C15H32N4O2/c1-15(2,3)13(20-4)12-18-14(16)17-6-5-7-19-8-10-21-11-9-19/h13H,5-12H2,1-4H3,(H3,16,17,18). The van der Waals surface area contributed by atoms with E-state index < -0.39 is 0 Å². The zero-order chi connectivity index (χ0) is 15.7. The number of aliphatic imine (C=N–C) groups is 1. The fourth-order valence-corrected chi connectivity index (χ4v) is 2.28. The highest BCUT2D eigenvalue weighted by Gasteiger charge is 2.23. The van der Waals surface area contributed by atoms with Gasteiger partial charge in [-0.15, -0.1) is 0 Å². The largest absolute Gasteiger partial charge is 0.379 e. The lowest BCUT2D eigenvalue weighted by molar-refractivity contribution is 0.0241. The van der Waals surface area contributed by atoms with Crippen molar-refractivity contribution < 1.29 is 9.47 Å². The van der Waals surface area contributed by atoms with Crippen LogP contribution in [0.5, 0.6) is 0 Å². The van der Waals surface area contributed by atoms with Crippen molar-refractivity contribution in [2.75, 3.05) is 53.0 Å². The second-order valence-electron chi connectivity index (χ2n) is 6.55. The van der Waals surface area contributed by atoms with Gasteiger partial charge in [0.05, 0.1) is 25.9 Å². The van der Waals surface area contributed by atoms with Crippen molar-refractivity contribution in [2.24, 2.45) is 16.1 Å². The van der Waals surface area contributed by atoms with Crippen LogP contribution in [0.15, 0.2) is 4.99 Å². The molecule has 6 nitrogen and oxygen atoms in total. The van der Waals surface area contributed by atoms with E-state index >= 15 is 0 Å². The molecule has 0 aromatic rings. The Morgan fingerprint density at radius 3 is 2.62 bits per heavy atom. The number of nitrogens with zero attached hydrogens (tertiary/aromatic N) is 2. The number of rotatable bonds is 7. The third kappa shape index (κ3) is 7.64. The van der Waals surface area contributed by atoms with Crippen molar-refractivity contribution in [1.29, 1.82) is 0 Å². The molecular formula is C15H32N4O2. The lowest BCUT2D eigenvalue weighted by atomic mass is 9.89. The van der Waals surface area contributed by atoms with Gasteiger partial charge in [0.15, 0.2) is 5.96 Å². The molecule has 0 spiro atoms. The number of hydrogen-bond acceptors (Lipinski definition) is 4. The number of morpholine rings is 1. The van der Waals surface area contributed by atoms with Gasteiger partial charge in [0.1, 0.15) is 0 Å². The predicted molar refractivity (Wildman–Crippen MR) is 86.6 cm³/mol. The van der Waals surface area contributed by atoms with E-state index in [0.29, 0.717) is 12.5 Å². The minimum absolute atomic E-state index is 0.0643. The Balaban J connectivity index is 2.17. The summed E-state index contributed by atoms with van der Waals surface area (Å²) in [5, 5.41) is 3.17. The van der Waals surface area contributed by atoms with E-state index in [4.69, 9.17) is 15.2 Å². The molecule has 3 N–H and O–H groups in total. The van der Waals surface area contributed by atoms with Crippen LogP contribution >= 0.6 is 0 Å². The summed E-state index contributed by atoms with van der Waals surface area (Å²) in [6.45, 7) is 12.7. The van der Waals surface area contributed by atoms with Crippen LogP contribution in [-0.2, 0) is 9.47 Å². The molecule has 1 heterocycles. The van der Waals surface area contributed by atoms with Gasteiger partial charge < -0.3 is 20.5 Å². The molecule has 0 amide bonds.